The fourth-order valence-corrected chi connectivity index (χ4v) is 2.76. The summed E-state index contributed by atoms with van der Waals surface area (Å²) in [5, 5.41) is 4.81. The standard InChI is InChI=1S/C17H20N2/c1-2-6-14(7-3-1)12-18-13-16-9-4-8-15-10-5-11-19-17(15)16/h1-2,4-5,8-11,14,18H,3,6-7,12-13H2. The topological polar surface area (TPSA) is 24.9 Å². The molecule has 1 atom stereocenters. The third kappa shape index (κ3) is 3.02. The number of nitrogens with one attached hydrogen (secondary N) is 1. The van der Waals surface area contributed by atoms with Crippen LogP contribution >= 0.6 is 0 Å². The molecule has 0 saturated heterocycles. The average molecular weight is 252 g/mol. The Morgan fingerprint density at radius 2 is 2.11 bits per heavy atom. The normalized spacial score (nSPS) is 18.8. The van der Waals surface area contributed by atoms with Crippen LogP contribution in [0.2, 0.25) is 0 Å². The van der Waals surface area contributed by atoms with E-state index in [4.69, 9.17) is 0 Å². The molecular formula is C17H20N2. The van der Waals surface area contributed by atoms with Gasteiger partial charge in [-0.25, -0.2) is 0 Å². The number of fused-ring (bicyclic) bond motifs is 1. The highest BCUT2D eigenvalue weighted by molar-refractivity contribution is 5.81. The molecule has 2 heteroatoms. The first-order valence-corrected chi connectivity index (χ1v) is 7.12. The van der Waals surface area contributed by atoms with Crippen molar-refractivity contribution in [2.24, 2.45) is 5.92 Å². The van der Waals surface area contributed by atoms with Gasteiger partial charge in [0.15, 0.2) is 0 Å². The van der Waals surface area contributed by atoms with Crippen molar-refractivity contribution in [3.63, 3.8) is 0 Å². The van der Waals surface area contributed by atoms with Gasteiger partial charge in [0.2, 0.25) is 0 Å². The summed E-state index contributed by atoms with van der Waals surface area (Å²) in [7, 11) is 0. The number of aromatic nitrogens is 1. The molecule has 1 N–H and O–H groups in total. The number of benzene rings is 1. The highest BCUT2D eigenvalue weighted by atomic mass is 14.9. The van der Waals surface area contributed by atoms with Gasteiger partial charge in [-0.15, -0.1) is 0 Å². The van der Waals surface area contributed by atoms with E-state index in [0.29, 0.717) is 0 Å². The van der Waals surface area contributed by atoms with Crippen LogP contribution in [0.15, 0.2) is 48.7 Å². The number of hydrogen-bond acceptors (Lipinski definition) is 2. The summed E-state index contributed by atoms with van der Waals surface area (Å²) in [5.41, 5.74) is 2.42. The van der Waals surface area contributed by atoms with Crippen LogP contribution in [0, 0.1) is 5.92 Å². The molecule has 19 heavy (non-hydrogen) atoms. The first-order valence-electron chi connectivity index (χ1n) is 7.12. The van der Waals surface area contributed by atoms with Crippen LogP contribution in [0.25, 0.3) is 10.9 Å². The van der Waals surface area contributed by atoms with E-state index in [0.717, 1.165) is 24.5 Å². The average Bonchev–Trinajstić information content (AvgIpc) is 2.49. The van der Waals surface area contributed by atoms with E-state index in [1.54, 1.807) is 0 Å². The van der Waals surface area contributed by atoms with Gasteiger partial charge < -0.3 is 5.32 Å². The summed E-state index contributed by atoms with van der Waals surface area (Å²) < 4.78 is 0. The van der Waals surface area contributed by atoms with Crippen molar-refractivity contribution in [2.75, 3.05) is 6.54 Å². The minimum absolute atomic E-state index is 0.799. The lowest BCUT2D eigenvalue weighted by atomic mass is 9.94. The molecule has 2 aromatic rings. The van der Waals surface area contributed by atoms with Gasteiger partial charge in [0, 0.05) is 18.1 Å². The van der Waals surface area contributed by atoms with Crippen LogP contribution in [-0.4, -0.2) is 11.5 Å². The van der Waals surface area contributed by atoms with Gasteiger partial charge in [-0.05, 0) is 43.4 Å². The van der Waals surface area contributed by atoms with Crippen LogP contribution in [0.4, 0.5) is 0 Å². The number of nitrogens with zero attached hydrogens (tertiary/aromatic N) is 1. The Labute approximate surface area is 114 Å². The van der Waals surface area contributed by atoms with Crippen LogP contribution in [0.1, 0.15) is 24.8 Å². The second kappa shape index (κ2) is 5.98. The molecule has 0 aliphatic heterocycles. The Hall–Kier alpha value is -1.67. The molecule has 98 valence electrons. The summed E-state index contributed by atoms with van der Waals surface area (Å²) in [6, 6.07) is 10.5. The third-order valence-electron chi connectivity index (χ3n) is 3.84. The molecule has 1 aliphatic rings. The molecule has 1 unspecified atom stereocenters. The summed E-state index contributed by atoms with van der Waals surface area (Å²) in [6.45, 7) is 2.02. The summed E-state index contributed by atoms with van der Waals surface area (Å²) in [5.74, 6) is 0.799. The quantitative estimate of drug-likeness (QED) is 0.840. The SMILES string of the molecule is C1=CCC(CNCc2cccc3cccnc23)CC1. The Bertz CT molecular complexity index is 569. The smallest absolute Gasteiger partial charge is 0.0746 e. The maximum absolute atomic E-state index is 4.50. The van der Waals surface area contributed by atoms with Gasteiger partial charge in [0.05, 0.1) is 5.52 Å². The summed E-state index contributed by atoms with van der Waals surface area (Å²) in [6.07, 6.45) is 10.3. The van der Waals surface area contributed by atoms with E-state index < -0.39 is 0 Å². The maximum Gasteiger partial charge on any atom is 0.0746 e. The van der Waals surface area contributed by atoms with Crippen LogP contribution in [0.5, 0.6) is 0 Å². The molecule has 3 rings (SSSR count). The number of para-hydroxylation sites is 1. The minimum atomic E-state index is 0.799. The van der Waals surface area contributed by atoms with E-state index in [1.165, 1.54) is 30.2 Å². The maximum atomic E-state index is 4.50. The van der Waals surface area contributed by atoms with Crippen LogP contribution in [0.3, 0.4) is 0 Å². The predicted molar refractivity (Wildman–Crippen MR) is 79.9 cm³/mol. The zero-order valence-corrected chi connectivity index (χ0v) is 11.2. The highest BCUT2D eigenvalue weighted by Crippen LogP contribution is 2.18. The second-order valence-electron chi connectivity index (χ2n) is 5.27. The molecule has 0 spiro atoms. The highest BCUT2D eigenvalue weighted by Gasteiger charge is 2.09. The predicted octanol–water partition coefficient (Wildman–Crippen LogP) is 3.68. The first kappa shape index (κ1) is 12.4. The van der Waals surface area contributed by atoms with Gasteiger partial charge in [-0.1, -0.05) is 36.4 Å². The Morgan fingerprint density at radius 1 is 1.16 bits per heavy atom. The van der Waals surface area contributed by atoms with Gasteiger partial charge >= 0.3 is 0 Å². The number of pyridine rings is 1. The number of hydrogen-bond donors (Lipinski definition) is 1. The molecule has 2 nitrogen and oxygen atoms in total. The monoisotopic (exact) mass is 252 g/mol. The first-order chi connectivity index (χ1) is 9.43. The van der Waals surface area contributed by atoms with Crippen molar-refractivity contribution in [1.29, 1.82) is 0 Å². The van der Waals surface area contributed by atoms with E-state index in [-0.39, 0.29) is 0 Å². The lowest BCUT2D eigenvalue weighted by Gasteiger charge is -2.18. The Kier molecular flexibility index (Phi) is 3.89. The lowest BCUT2D eigenvalue weighted by molar-refractivity contribution is 0.441. The van der Waals surface area contributed by atoms with E-state index in [2.05, 4.69) is 46.7 Å². The zero-order chi connectivity index (χ0) is 12.9. The van der Waals surface area contributed by atoms with Crippen molar-refractivity contribution < 1.29 is 0 Å². The van der Waals surface area contributed by atoms with E-state index >= 15 is 0 Å². The minimum Gasteiger partial charge on any atom is -0.312 e. The molecule has 1 aromatic heterocycles. The number of allylic oxidation sites excluding steroid dienone is 2. The second-order valence-corrected chi connectivity index (χ2v) is 5.27. The zero-order valence-electron chi connectivity index (χ0n) is 11.2. The van der Waals surface area contributed by atoms with Crippen molar-refractivity contribution in [2.45, 2.75) is 25.8 Å². The Morgan fingerprint density at radius 3 is 3.00 bits per heavy atom. The van der Waals surface area contributed by atoms with Gasteiger partial charge in [0.25, 0.3) is 0 Å². The van der Waals surface area contributed by atoms with Crippen molar-refractivity contribution in [3.8, 4) is 0 Å². The molecule has 0 radical (unpaired) electrons. The van der Waals surface area contributed by atoms with Crippen molar-refractivity contribution in [1.82, 2.24) is 10.3 Å². The fraction of sp³-hybridized carbons (Fsp3) is 0.353. The molecule has 1 aromatic carbocycles. The fourth-order valence-electron chi connectivity index (χ4n) is 2.76. The van der Waals surface area contributed by atoms with Gasteiger partial charge in [-0.3, -0.25) is 4.98 Å². The van der Waals surface area contributed by atoms with Crippen LogP contribution < -0.4 is 5.32 Å². The third-order valence-corrected chi connectivity index (χ3v) is 3.84. The molecule has 0 fully saturated rings. The molecular weight excluding hydrogens is 232 g/mol. The van der Waals surface area contributed by atoms with Crippen molar-refractivity contribution >= 4 is 10.9 Å². The van der Waals surface area contributed by atoms with Gasteiger partial charge in [-0.2, -0.15) is 0 Å². The van der Waals surface area contributed by atoms with Crippen LogP contribution in [-0.2, 0) is 6.54 Å². The largest absolute Gasteiger partial charge is 0.312 e. The van der Waals surface area contributed by atoms with E-state index in [9.17, 15) is 0 Å². The molecule has 0 amide bonds. The summed E-state index contributed by atoms with van der Waals surface area (Å²) in [4.78, 5) is 4.50. The molecule has 1 aliphatic carbocycles. The Balaban J connectivity index is 1.63. The summed E-state index contributed by atoms with van der Waals surface area (Å²) >= 11 is 0. The lowest BCUT2D eigenvalue weighted by Crippen LogP contribution is -2.23. The van der Waals surface area contributed by atoms with Gasteiger partial charge in [0.1, 0.15) is 0 Å². The number of rotatable bonds is 4. The molecule has 0 bridgehead atoms. The molecule has 1 heterocycles. The van der Waals surface area contributed by atoms with Crippen molar-refractivity contribution in [3.05, 3.63) is 54.2 Å². The molecule has 0 saturated carbocycles. The van der Waals surface area contributed by atoms with E-state index in [1.807, 2.05) is 12.3 Å².